The number of hydrogen-bond acceptors (Lipinski definition) is 4. The highest BCUT2D eigenvalue weighted by Gasteiger charge is 2.10. The summed E-state index contributed by atoms with van der Waals surface area (Å²) in [6, 6.07) is 7.68. The number of nitrogens with two attached hydrogens (primary N) is 1. The molecule has 114 valence electrons. The van der Waals surface area contributed by atoms with Crippen LogP contribution < -0.4 is 10.5 Å². The van der Waals surface area contributed by atoms with Gasteiger partial charge in [0.05, 0.1) is 0 Å². The van der Waals surface area contributed by atoms with E-state index >= 15 is 0 Å². The quantitative estimate of drug-likeness (QED) is 0.644. The number of likely N-dealkylation sites (N-methyl/N-ethyl adjacent to an activating group) is 1. The van der Waals surface area contributed by atoms with Crippen LogP contribution in [0, 0.1) is 0 Å². The second-order valence-corrected chi connectivity index (χ2v) is 5.25. The zero-order chi connectivity index (χ0) is 14.8. The molecule has 0 fully saturated rings. The van der Waals surface area contributed by atoms with Crippen molar-refractivity contribution in [3.63, 3.8) is 0 Å². The molecule has 1 rings (SSSR count). The van der Waals surface area contributed by atoms with Crippen molar-refractivity contribution >= 4 is 0 Å². The second kappa shape index (κ2) is 9.75. The molecule has 0 amide bonds. The summed E-state index contributed by atoms with van der Waals surface area (Å²) in [6.45, 7) is 4.59. The Labute approximate surface area is 122 Å². The molecule has 0 saturated heterocycles. The van der Waals surface area contributed by atoms with E-state index in [-0.39, 0.29) is 0 Å². The molecule has 1 aromatic rings. The molecule has 0 spiro atoms. The molecule has 3 N–H and O–H groups in total. The number of unbranched alkanes of at least 4 members (excludes halogenated alkanes) is 2. The Bertz CT molecular complexity index is 371. The number of aliphatic hydroxyl groups is 1. The van der Waals surface area contributed by atoms with E-state index in [1.54, 1.807) is 0 Å². The predicted octanol–water partition coefficient (Wildman–Crippen LogP) is 2.01. The van der Waals surface area contributed by atoms with E-state index in [1.165, 1.54) is 19.3 Å². The van der Waals surface area contributed by atoms with Crippen molar-refractivity contribution in [1.29, 1.82) is 0 Å². The van der Waals surface area contributed by atoms with E-state index in [1.807, 2.05) is 31.3 Å². The fourth-order valence-corrected chi connectivity index (χ4v) is 2.13. The van der Waals surface area contributed by atoms with Gasteiger partial charge in [-0.05, 0) is 26.1 Å². The Morgan fingerprint density at radius 3 is 2.75 bits per heavy atom. The Hall–Kier alpha value is -1.10. The summed E-state index contributed by atoms with van der Waals surface area (Å²) in [5.41, 5.74) is 6.62. The molecule has 4 heteroatoms. The maximum absolute atomic E-state index is 10.0. The van der Waals surface area contributed by atoms with Crippen LogP contribution in [-0.4, -0.2) is 42.9 Å². The summed E-state index contributed by atoms with van der Waals surface area (Å²) in [7, 11) is 2.03. The lowest BCUT2D eigenvalue weighted by Crippen LogP contribution is -2.33. The minimum absolute atomic E-state index is 0.301. The van der Waals surface area contributed by atoms with Gasteiger partial charge in [-0.15, -0.1) is 0 Å². The maximum atomic E-state index is 10.0. The number of aliphatic hydroxyl groups excluding tert-OH is 1. The third-order valence-electron chi connectivity index (χ3n) is 3.29. The van der Waals surface area contributed by atoms with Crippen molar-refractivity contribution in [2.24, 2.45) is 5.73 Å². The van der Waals surface area contributed by atoms with Crippen molar-refractivity contribution in [2.75, 3.05) is 26.7 Å². The third kappa shape index (κ3) is 6.37. The number of nitrogens with zero attached hydrogens (tertiary/aromatic N) is 1. The molecule has 1 aromatic carbocycles. The molecule has 0 saturated carbocycles. The fraction of sp³-hybridized carbons (Fsp3) is 0.625. The molecule has 0 aliphatic rings. The topological polar surface area (TPSA) is 58.7 Å². The Morgan fingerprint density at radius 2 is 2.05 bits per heavy atom. The first-order valence-corrected chi connectivity index (χ1v) is 7.44. The summed E-state index contributed by atoms with van der Waals surface area (Å²) in [5, 5.41) is 10.0. The van der Waals surface area contributed by atoms with E-state index < -0.39 is 6.10 Å². The van der Waals surface area contributed by atoms with Crippen LogP contribution in [0.2, 0.25) is 0 Å². The van der Waals surface area contributed by atoms with E-state index in [4.69, 9.17) is 10.5 Å². The highest BCUT2D eigenvalue weighted by Crippen LogP contribution is 2.17. The van der Waals surface area contributed by atoms with Crippen LogP contribution in [0.4, 0.5) is 0 Å². The maximum Gasteiger partial charge on any atom is 0.123 e. The van der Waals surface area contributed by atoms with E-state index in [0.29, 0.717) is 19.7 Å². The van der Waals surface area contributed by atoms with Gasteiger partial charge in [-0.1, -0.05) is 38.0 Å². The number of ether oxygens (including phenoxy) is 1. The molecular formula is C16H28N2O2. The van der Waals surface area contributed by atoms with Crippen molar-refractivity contribution < 1.29 is 9.84 Å². The standard InChI is InChI=1S/C16H28N2O2/c1-3-4-7-10-18(2)12-15(19)13-20-16-9-6-5-8-14(16)11-17/h5-6,8-9,15,19H,3-4,7,10-13,17H2,1-2H3. The molecule has 0 heterocycles. The van der Waals surface area contributed by atoms with Gasteiger partial charge >= 0.3 is 0 Å². The molecule has 0 aromatic heterocycles. The summed E-state index contributed by atoms with van der Waals surface area (Å²) in [4.78, 5) is 2.15. The normalized spacial score (nSPS) is 12.7. The minimum atomic E-state index is -0.479. The van der Waals surface area contributed by atoms with Crippen molar-refractivity contribution in [3.8, 4) is 5.75 Å². The van der Waals surface area contributed by atoms with Crippen LogP contribution in [0.3, 0.4) is 0 Å². The molecule has 4 nitrogen and oxygen atoms in total. The average Bonchev–Trinajstić information content (AvgIpc) is 2.45. The van der Waals surface area contributed by atoms with Gasteiger partial charge in [0.15, 0.2) is 0 Å². The lowest BCUT2D eigenvalue weighted by Gasteiger charge is -2.21. The smallest absolute Gasteiger partial charge is 0.123 e. The minimum Gasteiger partial charge on any atom is -0.491 e. The summed E-state index contributed by atoms with van der Waals surface area (Å²) < 4.78 is 5.66. The van der Waals surface area contributed by atoms with Crippen molar-refractivity contribution in [3.05, 3.63) is 29.8 Å². The van der Waals surface area contributed by atoms with Crippen LogP contribution in [-0.2, 0) is 6.54 Å². The van der Waals surface area contributed by atoms with Crippen molar-refractivity contribution in [2.45, 2.75) is 38.8 Å². The first kappa shape index (κ1) is 17.0. The lowest BCUT2D eigenvalue weighted by atomic mass is 10.2. The molecule has 0 bridgehead atoms. The van der Waals surface area contributed by atoms with Crippen molar-refractivity contribution in [1.82, 2.24) is 4.90 Å². The summed E-state index contributed by atoms with van der Waals surface area (Å²) in [6.07, 6.45) is 3.15. The van der Waals surface area contributed by atoms with Gasteiger partial charge in [0, 0.05) is 18.7 Å². The van der Waals surface area contributed by atoms with Gasteiger partial charge in [-0.3, -0.25) is 0 Å². The van der Waals surface area contributed by atoms with Gasteiger partial charge in [0.25, 0.3) is 0 Å². The second-order valence-electron chi connectivity index (χ2n) is 5.25. The molecule has 0 aliphatic heterocycles. The van der Waals surface area contributed by atoms with Crippen LogP contribution in [0.5, 0.6) is 5.75 Å². The lowest BCUT2D eigenvalue weighted by molar-refractivity contribution is 0.0755. The predicted molar refractivity (Wildman–Crippen MR) is 82.9 cm³/mol. The zero-order valence-corrected chi connectivity index (χ0v) is 12.7. The highest BCUT2D eigenvalue weighted by molar-refractivity contribution is 5.32. The summed E-state index contributed by atoms with van der Waals surface area (Å²) >= 11 is 0. The van der Waals surface area contributed by atoms with E-state index in [0.717, 1.165) is 17.9 Å². The van der Waals surface area contributed by atoms with E-state index in [2.05, 4.69) is 11.8 Å². The number of rotatable bonds is 10. The van der Waals surface area contributed by atoms with Gasteiger partial charge < -0.3 is 20.5 Å². The first-order valence-electron chi connectivity index (χ1n) is 7.44. The SMILES string of the molecule is CCCCCN(C)CC(O)COc1ccccc1CN. The van der Waals surface area contributed by atoms with Crippen LogP contribution in [0.1, 0.15) is 31.7 Å². The van der Waals surface area contributed by atoms with Gasteiger partial charge in [0.1, 0.15) is 18.5 Å². The van der Waals surface area contributed by atoms with Gasteiger partial charge in [-0.25, -0.2) is 0 Å². The van der Waals surface area contributed by atoms with Crippen LogP contribution in [0.15, 0.2) is 24.3 Å². The van der Waals surface area contributed by atoms with E-state index in [9.17, 15) is 5.11 Å². The number of para-hydroxylation sites is 1. The molecule has 0 aliphatic carbocycles. The van der Waals surface area contributed by atoms with Gasteiger partial charge in [0.2, 0.25) is 0 Å². The Kier molecular flexibility index (Phi) is 8.26. The van der Waals surface area contributed by atoms with Crippen LogP contribution >= 0.6 is 0 Å². The van der Waals surface area contributed by atoms with Crippen LogP contribution in [0.25, 0.3) is 0 Å². The average molecular weight is 280 g/mol. The zero-order valence-electron chi connectivity index (χ0n) is 12.7. The molecule has 0 radical (unpaired) electrons. The molecule has 20 heavy (non-hydrogen) atoms. The summed E-state index contributed by atoms with van der Waals surface area (Å²) in [5.74, 6) is 0.766. The highest BCUT2D eigenvalue weighted by atomic mass is 16.5. The largest absolute Gasteiger partial charge is 0.491 e. The van der Waals surface area contributed by atoms with Gasteiger partial charge in [-0.2, -0.15) is 0 Å². The first-order chi connectivity index (χ1) is 9.67. The molecule has 1 atom stereocenters. The number of benzene rings is 1. The Balaban J connectivity index is 2.30. The fourth-order valence-electron chi connectivity index (χ4n) is 2.13. The molecule has 1 unspecified atom stereocenters. The monoisotopic (exact) mass is 280 g/mol. The molecular weight excluding hydrogens is 252 g/mol. The third-order valence-corrected chi connectivity index (χ3v) is 3.29. The Morgan fingerprint density at radius 1 is 1.30 bits per heavy atom. The number of hydrogen-bond donors (Lipinski definition) is 2.